The number of nitrogen functional groups attached to an aromatic ring is 1. The van der Waals surface area contributed by atoms with Gasteiger partial charge in [-0.05, 0) is 13.8 Å². The number of morpholine rings is 1. The summed E-state index contributed by atoms with van der Waals surface area (Å²) in [6, 6.07) is -0.688. The molecule has 0 aromatic carbocycles. The third kappa shape index (κ3) is 3.05. The van der Waals surface area contributed by atoms with Crippen molar-refractivity contribution in [2.75, 3.05) is 25.5 Å². The number of anilines is 1. The first-order valence-corrected chi connectivity index (χ1v) is 6.36. The molecule has 1 aliphatic rings. The van der Waals surface area contributed by atoms with Gasteiger partial charge in [-0.25, -0.2) is 0 Å². The van der Waals surface area contributed by atoms with E-state index in [9.17, 15) is 9.59 Å². The summed E-state index contributed by atoms with van der Waals surface area (Å²) in [5.41, 5.74) is 5.38. The fourth-order valence-corrected chi connectivity index (χ4v) is 1.95. The number of carbonyl (C=O) groups excluding carboxylic acids is 2. The Hall–Kier alpha value is -2.16. The number of aromatic nitrogens is 3. The number of nitrogens with zero attached hydrogens (tertiary/aromatic N) is 3. The minimum Gasteiger partial charge on any atom is -0.377 e. The molecule has 0 saturated carbocycles. The number of rotatable bonds is 3. The molecule has 2 amide bonds. The first kappa shape index (κ1) is 14.3. The van der Waals surface area contributed by atoms with Crippen LogP contribution in [0.4, 0.5) is 5.95 Å². The predicted molar refractivity (Wildman–Crippen MR) is 69.7 cm³/mol. The largest absolute Gasteiger partial charge is 0.377 e. The Morgan fingerprint density at radius 3 is 2.90 bits per heavy atom. The molecule has 0 bridgehead atoms. The highest BCUT2D eigenvalue weighted by Gasteiger charge is 2.34. The molecule has 1 aliphatic heterocycles. The Kier molecular flexibility index (Phi) is 4.18. The van der Waals surface area contributed by atoms with Crippen LogP contribution in [-0.2, 0) is 9.53 Å². The van der Waals surface area contributed by atoms with Crippen LogP contribution >= 0.6 is 0 Å². The lowest BCUT2D eigenvalue weighted by Gasteiger charge is -2.34. The zero-order chi connectivity index (χ0) is 14.7. The number of H-pyrrole nitrogens is 1. The molecule has 1 saturated heterocycles. The van der Waals surface area contributed by atoms with E-state index in [1.165, 1.54) is 4.90 Å². The normalized spacial score (nSPS) is 19.1. The van der Waals surface area contributed by atoms with Crippen molar-refractivity contribution < 1.29 is 14.3 Å². The predicted octanol–water partition coefficient (Wildman–Crippen LogP) is -1.25. The summed E-state index contributed by atoms with van der Waals surface area (Å²) in [4.78, 5) is 29.6. The van der Waals surface area contributed by atoms with E-state index in [1.54, 1.807) is 0 Å². The molecule has 20 heavy (non-hydrogen) atoms. The van der Waals surface area contributed by atoms with Gasteiger partial charge in [0.2, 0.25) is 17.7 Å². The summed E-state index contributed by atoms with van der Waals surface area (Å²) in [6.07, 6.45) is 0. The summed E-state index contributed by atoms with van der Waals surface area (Å²) in [6.45, 7) is 4.56. The van der Waals surface area contributed by atoms with Crippen molar-refractivity contribution in [1.82, 2.24) is 25.4 Å². The van der Waals surface area contributed by atoms with Gasteiger partial charge in [-0.15, -0.1) is 5.10 Å². The number of ether oxygens (including phenoxy) is 1. The first-order valence-electron chi connectivity index (χ1n) is 6.36. The van der Waals surface area contributed by atoms with Crippen LogP contribution in [0, 0.1) is 0 Å². The van der Waals surface area contributed by atoms with Gasteiger partial charge in [0.05, 0.1) is 13.2 Å². The third-order valence-corrected chi connectivity index (χ3v) is 2.83. The van der Waals surface area contributed by atoms with E-state index in [1.807, 2.05) is 13.8 Å². The second-order valence-corrected chi connectivity index (χ2v) is 4.79. The van der Waals surface area contributed by atoms with E-state index in [2.05, 4.69) is 20.5 Å². The monoisotopic (exact) mass is 282 g/mol. The molecule has 0 spiro atoms. The molecular formula is C11H18N6O3. The molecule has 110 valence electrons. The van der Waals surface area contributed by atoms with Crippen LogP contribution in [0.5, 0.6) is 0 Å². The molecule has 1 fully saturated rings. The summed E-state index contributed by atoms with van der Waals surface area (Å²) in [5.74, 6) is -0.654. The number of nitrogens with two attached hydrogens (primary N) is 1. The summed E-state index contributed by atoms with van der Waals surface area (Å²) in [5, 5.41) is 8.84. The summed E-state index contributed by atoms with van der Waals surface area (Å²) >= 11 is 0. The van der Waals surface area contributed by atoms with E-state index < -0.39 is 11.9 Å². The highest BCUT2D eigenvalue weighted by molar-refractivity contribution is 5.95. The molecule has 1 atom stereocenters. The van der Waals surface area contributed by atoms with Crippen molar-refractivity contribution >= 4 is 17.8 Å². The maximum Gasteiger partial charge on any atom is 0.292 e. The van der Waals surface area contributed by atoms with Crippen LogP contribution in [0.2, 0.25) is 0 Å². The molecule has 1 aromatic heterocycles. The second kappa shape index (κ2) is 5.87. The van der Waals surface area contributed by atoms with Gasteiger partial charge >= 0.3 is 0 Å². The van der Waals surface area contributed by atoms with Crippen molar-refractivity contribution in [2.45, 2.75) is 25.9 Å². The van der Waals surface area contributed by atoms with Crippen LogP contribution in [0.15, 0.2) is 0 Å². The van der Waals surface area contributed by atoms with E-state index in [-0.39, 0.29) is 30.3 Å². The quantitative estimate of drug-likeness (QED) is 0.636. The topological polar surface area (TPSA) is 126 Å². The number of nitrogens with one attached hydrogen (secondary N) is 2. The molecular weight excluding hydrogens is 264 g/mol. The van der Waals surface area contributed by atoms with Gasteiger partial charge in [-0.1, -0.05) is 0 Å². The fraction of sp³-hybridized carbons (Fsp3) is 0.636. The Morgan fingerprint density at radius 1 is 1.55 bits per heavy atom. The van der Waals surface area contributed by atoms with Gasteiger partial charge in [0, 0.05) is 12.6 Å². The van der Waals surface area contributed by atoms with E-state index >= 15 is 0 Å². The Bertz CT molecular complexity index is 500. The SMILES string of the molecule is CC(C)NC(=O)C1COCCN1C(=O)c1nc(N)n[nH]1. The maximum absolute atomic E-state index is 12.3. The zero-order valence-corrected chi connectivity index (χ0v) is 11.4. The minimum atomic E-state index is -0.676. The first-order chi connectivity index (χ1) is 9.49. The third-order valence-electron chi connectivity index (χ3n) is 2.83. The average molecular weight is 282 g/mol. The molecule has 9 nitrogen and oxygen atoms in total. The smallest absolute Gasteiger partial charge is 0.292 e. The average Bonchev–Trinajstić information content (AvgIpc) is 2.84. The lowest BCUT2D eigenvalue weighted by molar-refractivity contribution is -0.131. The molecule has 0 radical (unpaired) electrons. The van der Waals surface area contributed by atoms with Crippen molar-refractivity contribution in [3.05, 3.63) is 5.82 Å². The molecule has 1 unspecified atom stereocenters. The van der Waals surface area contributed by atoms with Gasteiger partial charge in [0.25, 0.3) is 5.91 Å². The van der Waals surface area contributed by atoms with Gasteiger partial charge in [-0.3, -0.25) is 14.7 Å². The Labute approximate surface area is 115 Å². The van der Waals surface area contributed by atoms with Crippen molar-refractivity contribution in [3.8, 4) is 0 Å². The van der Waals surface area contributed by atoms with Crippen LogP contribution < -0.4 is 11.1 Å². The van der Waals surface area contributed by atoms with E-state index in [0.717, 1.165) is 0 Å². The molecule has 2 heterocycles. The van der Waals surface area contributed by atoms with Gasteiger partial charge in [0.1, 0.15) is 6.04 Å². The van der Waals surface area contributed by atoms with Gasteiger partial charge in [0.15, 0.2) is 0 Å². The Balaban J connectivity index is 2.14. The van der Waals surface area contributed by atoms with Crippen LogP contribution in [-0.4, -0.2) is 63.7 Å². The van der Waals surface area contributed by atoms with Crippen LogP contribution in [0.25, 0.3) is 0 Å². The molecule has 1 aromatic rings. The lowest BCUT2D eigenvalue weighted by atomic mass is 10.2. The molecule has 9 heteroatoms. The highest BCUT2D eigenvalue weighted by atomic mass is 16.5. The highest BCUT2D eigenvalue weighted by Crippen LogP contribution is 2.11. The van der Waals surface area contributed by atoms with Crippen molar-refractivity contribution in [3.63, 3.8) is 0 Å². The Morgan fingerprint density at radius 2 is 2.30 bits per heavy atom. The standard InChI is InChI=1S/C11H18N6O3/c1-6(2)13-9(18)7-5-20-4-3-17(7)10(19)8-14-11(12)16-15-8/h6-7H,3-5H2,1-2H3,(H,13,18)(H3,12,14,15,16). The van der Waals surface area contributed by atoms with E-state index in [4.69, 9.17) is 10.5 Å². The molecule has 2 rings (SSSR count). The molecule has 4 N–H and O–H groups in total. The number of carbonyl (C=O) groups is 2. The second-order valence-electron chi connectivity index (χ2n) is 4.79. The molecule has 0 aliphatic carbocycles. The van der Waals surface area contributed by atoms with Gasteiger partial charge in [-0.2, -0.15) is 4.98 Å². The number of amides is 2. The van der Waals surface area contributed by atoms with Crippen LogP contribution in [0.1, 0.15) is 24.5 Å². The summed E-state index contributed by atoms with van der Waals surface area (Å²) < 4.78 is 5.28. The number of aromatic amines is 1. The van der Waals surface area contributed by atoms with Crippen LogP contribution in [0.3, 0.4) is 0 Å². The van der Waals surface area contributed by atoms with Crippen molar-refractivity contribution in [1.29, 1.82) is 0 Å². The number of hydrogen-bond acceptors (Lipinski definition) is 6. The fourth-order valence-electron chi connectivity index (χ4n) is 1.95. The number of hydrogen-bond donors (Lipinski definition) is 3. The zero-order valence-electron chi connectivity index (χ0n) is 11.4. The summed E-state index contributed by atoms with van der Waals surface area (Å²) in [7, 11) is 0. The van der Waals surface area contributed by atoms with E-state index in [0.29, 0.717) is 13.2 Å². The minimum absolute atomic E-state index is 0.00945. The van der Waals surface area contributed by atoms with Gasteiger partial charge < -0.3 is 20.7 Å². The maximum atomic E-state index is 12.3. The van der Waals surface area contributed by atoms with Crippen molar-refractivity contribution in [2.24, 2.45) is 0 Å². The lowest BCUT2D eigenvalue weighted by Crippen LogP contribution is -2.56.